The summed E-state index contributed by atoms with van der Waals surface area (Å²) >= 11 is 0. The van der Waals surface area contributed by atoms with Crippen LogP contribution in [-0.2, 0) is 16.0 Å². The minimum Gasteiger partial charge on any atom is -0.481 e. The largest absolute Gasteiger partial charge is 0.481 e. The first-order valence-electron chi connectivity index (χ1n) is 7.30. The molecular formula is C14H21N3O4. The number of aliphatic carboxylic acids is 1. The summed E-state index contributed by atoms with van der Waals surface area (Å²) in [5.74, 6) is -0.101. The van der Waals surface area contributed by atoms with E-state index in [1.54, 1.807) is 0 Å². The van der Waals surface area contributed by atoms with E-state index >= 15 is 0 Å². The van der Waals surface area contributed by atoms with Crippen LogP contribution in [0.4, 0.5) is 0 Å². The van der Waals surface area contributed by atoms with Crippen molar-refractivity contribution >= 4 is 11.9 Å². The lowest BCUT2D eigenvalue weighted by atomic mass is 10.0. The number of rotatable bonds is 6. The molecule has 1 fully saturated rings. The molecule has 116 valence electrons. The third-order valence-corrected chi connectivity index (χ3v) is 3.78. The van der Waals surface area contributed by atoms with Crippen molar-refractivity contribution in [1.82, 2.24) is 15.5 Å². The quantitative estimate of drug-likeness (QED) is 0.820. The normalized spacial score (nSPS) is 21.7. The Bertz CT molecular complexity index is 512. The highest BCUT2D eigenvalue weighted by molar-refractivity contribution is 5.80. The van der Waals surface area contributed by atoms with Gasteiger partial charge in [-0.15, -0.1) is 0 Å². The molecule has 1 aliphatic carbocycles. The van der Waals surface area contributed by atoms with Crippen molar-refractivity contribution in [3.8, 4) is 0 Å². The third-order valence-electron chi connectivity index (χ3n) is 3.78. The molecule has 2 N–H and O–H groups in total. The maximum atomic E-state index is 11.9. The molecular weight excluding hydrogens is 274 g/mol. The summed E-state index contributed by atoms with van der Waals surface area (Å²) in [7, 11) is 0. The van der Waals surface area contributed by atoms with Gasteiger partial charge in [0.1, 0.15) is 0 Å². The van der Waals surface area contributed by atoms with E-state index in [1.165, 1.54) is 0 Å². The van der Waals surface area contributed by atoms with Crippen molar-refractivity contribution in [2.24, 2.45) is 11.8 Å². The van der Waals surface area contributed by atoms with Crippen molar-refractivity contribution in [3.63, 3.8) is 0 Å². The van der Waals surface area contributed by atoms with Crippen LogP contribution in [0.3, 0.4) is 0 Å². The van der Waals surface area contributed by atoms with E-state index in [4.69, 9.17) is 9.63 Å². The van der Waals surface area contributed by atoms with Gasteiger partial charge in [-0.2, -0.15) is 4.98 Å². The lowest BCUT2D eigenvalue weighted by molar-refractivity contribution is -0.141. The van der Waals surface area contributed by atoms with Crippen LogP contribution < -0.4 is 5.32 Å². The Morgan fingerprint density at radius 3 is 2.67 bits per heavy atom. The van der Waals surface area contributed by atoms with Crippen LogP contribution in [0.15, 0.2) is 4.52 Å². The Hall–Kier alpha value is -1.92. The minimum absolute atomic E-state index is 0.0775. The molecule has 1 heterocycles. The van der Waals surface area contributed by atoms with E-state index in [-0.39, 0.29) is 23.7 Å². The van der Waals surface area contributed by atoms with E-state index in [0.29, 0.717) is 43.9 Å². The van der Waals surface area contributed by atoms with Gasteiger partial charge in [-0.05, 0) is 19.3 Å². The zero-order valence-corrected chi connectivity index (χ0v) is 12.3. The standard InChI is InChI=1S/C14H21N3O4/c1-8(2)13-16-11(17-21-13)5-6-15-12(18)9-3-4-10(7-9)14(19)20/h8-10H,3-7H2,1-2H3,(H,15,18)(H,19,20)/t9-,10+/m0/s1. The molecule has 1 aromatic heterocycles. The van der Waals surface area contributed by atoms with Gasteiger partial charge in [0.05, 0.1) is 5.92 Å². The first kappa shape index (κ1) is 15.5. The number of amides is 1. The molecule has 7 heteroatoms. The second-order valence-electron chi connectivity index (χ2n) is 5.79. The number of hydrogen-bond acceptors (Lipinski definition) is 5. The average Bonchev–Trinajstić information content (AvgIpc) is 3.07. The first-order chi connectivity index (χ1) is 9.97. The summed E-state index contributed by atoms with van der Waals surface area (Å²) in [5, 5.41) is 15.6. The van der Waals surface area contributed by atoms with Gasteiger partial charge in [-0.1, -0.05) is 19.0 Å². The second-order valence-corrected chi connectivity index (χ2v) is 5.79. The van der Waals surface area contributed by atoms with Gasteiger partial charge < -0.3 is 14.9 Å². The van der Waals surface area contributed by atoms with Crippen molar-refractivity contribution in [2.75, 3.05) is 6.54 Å². The van der Waals surface area contributed by atoms with Crippen molar-refractivity contribution in [1.29, 1.82) is 0 Å². The first-order valence-corrected chi connectivity index (χ1v) is 7.30. The number of nitrogens with zero attached hydrogens (tertiary/aromatic N) is 2. The zero-order chi connectivity index (χ0) is 15.4. The molecule has 7 nitrogen and oxygen atoms in total. The summed E-state index contributed by atoms with van der Waals surface area (Å²) in [6.45, 7) is 4.38. The minimum atomic E-state index is -0.807. The highest BCUT2D eigenvalue weighted by Crippen LogP contribution is 2.31. The van der Waals surface area contributed by atoms with Crippen molar-refractivity contribution in [3.05, 3.63) is 11.7 Å². The van der Waals surface area contributed by atoms with E-state index in [9.17, 15) is 9.59 Å². The number of hydrogen-bond donors (Lipinski definition) is 2. The van der Waals surface area contributed by atoms with Gasteiger partial charge in [0.2, 0.25) is 11.8 Å². The molecule has 0 unspecified atom stereocenters. The molecule has 0 radical (unpaired) electrons. The zero-order valence-electron chi connectivity index (χ0n) is 12.3. The van der Waals surface area contributed by atoms with Gasteiger partial charge in [0.15, 0.2) is 5.82 Å². The second kappa shape index (κ2) is 6.69. The highest BCUT2D eigenvalue weighted by Gasteiger charge is 2.33. The fourth-order valence-corrected chi connectivity index (χ4v) is 2.49. The molecule has 1 aromatic rings. The molecule has 0 aliphatic heterocycles. The summed E-state index contributed by atoms with van der Waals surface area (Å²) in [6.07, 6.45) is 2.16. The Kier molecular flexibility index (Phi) is 4.93. The number of carbonyl (C=O) groups excluding carboxylic acids is 1. The number of carbonyl (C=O) groups is 2. The monoisotopic (exact) mass is 295 g/mol. The van der Waals surface area contributed by atoms with Gasteiger partial charge in [0, 0.05) is 24.8 Å². The van der Waals surface area contributed by atoms with Crippen LogP contribution in [0.5, 0.6) is 0 Å². The molecule has 2 rings (SSSR count). The summed E-state index contributed by atoms with van der Waals surface area (Å²) in [6, 6.07) is 0. The van der Waals surface area contributed by atoms with Crippen LogP contribution in [0.2, 0.25) is 0 Å². The van der Waals surface area contributed by atoms with Gasteiger partial charge in [-0.3, -0.25) is 9.59 Å². The highest BCUT2D eigenvalue weighted by atomic mass is 16.5. The topological polar surface area (TPSA) is 105 Å². The average molecular weight is 295 g/mol. The maximum absolute atomic E-state index is 11.9. The lowest BCUT2D eigenvalue weighted by Gasteiger charge is -2.09. The lowest BCUT2D eigenvalue weighted by Crippen LogP contribution is -2.31. The van der Waals surface area contributed by atoms with E-state index in [2.05, 4.69) is 15.5 Å². The smallest absolute Gasteiger partial charge is 0.306 e. The predicted octanol–water partition coefficient (Wildman–Crippen LogP) is 1.35. The van der Waals surface area contributed by atoms with Crippen LogP contribution in [0.25, 0.3) is 0 Å². The van der Waals surface area contributed by atoms with E-state index in [1.807, 2.05) is 13.8 Å². The summed E-state index contributed by atoms with van der Waals surface area (Å²) in [5.41, 5.74) is 0. The van der Waals surface area contributed by atoms with E-state index < -0.39 is 5.97 Å². The van der Waals surface area contributed by atoms with Gasteiger partial charge >= 0.3 is 5.97 Å². The molecule has 0 aromatic carbocycles. The SMILES string of the molecule is CC(C)c1nc(CCNC(=O)[C@H]2CC[C@@H](C(=O)O)C2)no1. The number of nitrogens with one attached hydrogen (secondary N) is 1. The van der Waals surface area contributed by atoms with Crippen LogP contribution >= 0.6 is 0 Å². The molecule has 0 saturated heterocycles. The number of carboxylic acids is 1. The molecule has 21 heavy (non-hydrogen) atoms. The summed E-state index contributed by atoms with van der Waals surface area (Å²) in [4.78, 5) is 27.0. The molecule has 1 saturated carbocycles. The fraction of sp³-hybridized carbons (Fsp3) is 0.714. The van der Waals surface area contributed by atoms with Crippen molar-refractivity contribution < 1.29 is 19.2 Å². The molecule has 2 atom stereocenters. The van der Waals surface area contributed by atoms with Gasteiger partial charge in [0.25, 0.3) is 0 Å². The molecule has 1 aliphatic rings. The molecule has 1 amide bonds. The number of aromatic nitrogens is 2. The van der Waals surface area contributed by atoms with Crippen LogP contribution in [0, 0.1) is 11.8 Å². The Morgan fingerprint density at radius 1 is 1.38 bits per heavy atom. The molecule has 0 bridgehead atoms. The van der Waals surface area contributed by atoms with Gasteiger partial charge in [-0.25, -0.2) is 0 Å². The third kappa shape index (κ3) is 4.03. The van der Waals surface area contributed by atoms with Crippen molar-refractivity contribution in [2.45, 2.75) is 45.4 Å². The van der Waals surface area contributed by atoms with Crippen LogP contribution in [0.1, 0.15) is 50.7 Å². The Morgan fingerprint density at radius 2 is 2.10 bits per heavy atom. The molecule has 0 spiro atoms. The van der Waals surface area contributed by atoms with Crippen LogP contribution in [-0.4, -0.2) is 33.7 Å². The van der Waals surface area contributed by atoms with E-state index in [0.717, 1.165) is 0 Å². The Balaban J connectivity index is 1.73. The number of carboxylic acid groups (broad SMARTS) is 1. The summed E-state index contributed by atoms with van der Waals surface area (Å²) < 4.78 is 5.08. The maximum Gasteiger partial charge on any atom is 0.306 e. The fourth-order valence-electron chi connectivity index (χ4n) is 2.49. The Labute approximate surface area is 123 Å². The predicted molar refractivity (Wildman–Crippen MR) is 73.6 cm³/mol.